The Morgan fingerprint density at radius 1 is 0.917 bits per heavy atom. The van der Waals surface area contributed by atoms with Gasteiger partial charge in [-0.1, -0.05) is 36.2 Å². The molecule has 0 aliphatic carbocycles. The van der Waals surface area contributed by atoms with Crippen LogP contribution in [0.15, 0.2) is 42.5 Å². The van der Waals surface area contributed by atoms with E-state index in [1.165, 1.54) is 18.4 Å². The second-order valence-corrected chi connectivity index (χ2v) is 7.12. The molecule has 0 bridgehead atoms. The highest BCUT2D eigenvalue weighted by Gasteiger charge is 2.21. The number of hydrogen-bond acceptors (Lipinski definition) is 3. The van der Waals surface area contributed by atoms with E-state index in [-0.39, 0.29) is 11.5 Å². The van der Waals surface area contributed by atoms with E-state index in [4.69, 9.17) is 11.6 Å². The zero-order valence-electron chi connectivity index (χ0n) is 13.7. The maximum atomic E-state index is 9.63. The summed E-state index contributed by atoms with van der Waals surface area (Å²) in [6, 6.07) is 14.2. The van der Waals surface area contributed by atoms with Crippen molar-refractivity contribution in [3.8, 4) is 11.5 Å². The van der Waals surface area contributed by atoms with E-state index in [0.29, 0.717) is 12.1 Å². The van der Waals surface area contributed by atoms with Crippen LogP contribution in [0.3, 0.4) is 0 Å². The predicted molar refractivity (Wildman–Crippen MR) is 97.8 cm³/mol. The third-order valence-corrected chi connectivity index (χ3v) is 5.05. The normalized spacial score (nSPS) is 20.9. The lowest BCUT2D eigenvalue weighted by Gasteiger charge is -2.31. The summed E-state index contributed by atoms with van der Waals surface area (Å²) in [6.45, 7) is 0. The highest BCUT2D eigenvalue weighted by Crippen LogP contribution is 2.27. The third-order valence-electron chi connectivity index (χ3n) is 4.79. The lowest BCUT2D eigenvalue weighted by molar-refractivity contribution is 0.306. The SMILES string of the molecule is Oc1ccc(CC2CCCC(CCc3ccc(Cl)cc3)N2)cc1O. The van der Waals surface area contributed by atoms with Crippen LogP contribution in [0.4, 0.5) is 0 Å². The number of piperidine rings is 1. The Balaban J connectivity index is 1.52. The molecule has 128 valence electrons. The van der Waals surface area contributed by atoms with Crippen molar-refractivity contribution in [1.29, 1.82) is 0 Å². The van der Waals surface area contributed by atoms with Crippen molar-refractivity contribution < 1.29 is 10.2 Å². The lowest BCUT2D eigenvalue weighted by atomic mass is 9.91. The second kappa shape index (κ2) is 7.91. The predicted octanol–water partition coefficient (Wildman–Crippen LogP) is 4.44. The highest BCUT2D eigenvalue weighted by molar-refractivity contribution is 6.30. The van der Waals surface area contributed by atoms with Crippen molar-refractivity contribution in [3.63, 3.8) is 0 Å². The average Bonchev–Trinajstić information content (AvgIpc) is 2.58. The van der Waals surface area contributed by atoms with Crippen LogP contribution in [0, 0.1) is 0 Å². The van der Waals surface area contributed by atoms with E-state index in [9.17, 15) is 10.2 Å². The number of nitrogens with one attached hydrogen (secondary N) is 1. The number of phenolic OH excluding ortho intramolecular Hbond substituents is 2. The molecule has 2 aromatic rings. The Hall–Kier alpha value is -1.71. The summed E-state index contributed by atoms with van der Waals surface area (Å²) in [5.74, 6) is -0.0983. The molecular formula is C20H24ClNO2. The lowest BCUT2D eigenvalue weighted by Crippen LogP contribution is -2.43. The molecule has 3 N–H and O–H groups in total. The van der Waals surface area contributed by atoms with E-state index >= 15 is 0 Å². The maximum absolute atomic E-state index is 9.63. The molecular weight excluding hydrogens is 322 g/mol. The van der Waals surface area contributed by atoms with Crippen molar-refractivity contribution in [1.82, 2.24) is 5.32 Å². The van der Waals surface area contributed by atoms with Crippen molar-refractivity contribution in [2.45, 2.75) is 50.6 Å². The molecule has 1 saturated heterocycles. The van der Waals surface area contributed by atoms with Gasteiger partial charge in [-0.15, -0.1) is 0 Å². The van der Waals surface area contributed by atoms with E-state index in [1.807, 2.05) is 18.2 Å². The molecule has 24 heavy (non-hydrogen) atoms. The molecule has 1 heterocycles. The number of hydrogen-bond donors (Lipinski definition) is 3. The molecule has 0 aromatic heterocycles. The van der Waals surface area contributed by atoms with Gasteiger partial charge in [-0.2, -0.15) is 0 Å². The number of benzene rings is 2. The Bertz CT molecular complexity index is 672. The third kappa shape index (κ3) is 4.65. The average molecular weight is 346 g/mol. The minimum atomic E-state index is -0.0591. The summed E-state index contributed by atoms with van der Waals surface area (Å²) >= 11 is 5.93. The van der Waals surface area contributed by atoms with Gasteiger partial charge in [0.15, 0.2) is 11.5 Å². The van der Waals surface area contributed by atoms with Gasteiger partial charge in [0.05, 0.1) is 0 Å². The van der Waals surface area contributed by atoms with Gasteiger partial charge in [0.25, 0.3) is 0 Å². The van der Waals surface area contributed by atoms with Crippen LogP contribution in [0.1, 0.15) is 36.8 Å². The van der Waals surface area contributed by atoms with Crippen LogP contribution < -0.4 is 5.32 Å². The molecule has 2 atom stereocenters. The quantitative estimate of drug-likeness (QED) is 0.702. The Labute approximate surface area is 148 Å². The van der Waals surface area contributed by atoms with Crippen LogP contribution in [0.5, 0.6) is 11.5 Å². The first-order chi connectivity index (χ1) is 11.6. The highest BCUT2D eigenvalue weighted by atomic mass is 35.5. The number of rotatable bonds is 5. The van der Waals surface area contributed by atoms with Crippen molar-refractivity contribution in [3.05, 3.63) is 58.6 Å². The number of phenols is 2. The fourth-order valence-corrected chi connectivity index (χ4v) is 3.60. The van der Waals surface area contributed by atoms with E-state index in [1.54, 1.807) is 12.1 Å². The van der Waals surface area contributed by atoms with E-state index < -0.39 is 0 Å². The van der Waals surface area contributed by atoms with Gasteiger partial charge in [0.2, 0.25) is 0 Å². The number of halogens is 1. The molecule has 3 rings (SSSR count). The summed E-state index contributed by atoms with van der Waals surface area (Å²) in [7, 11) is 0. The van der Waals surface area contributed by atoms with Crippen molar-refractivity contribution >= 4 is 11.6 Å². The van der Waals surface area contributed by atoms with Gasteiger partial charge >= 0.3 is 0 Å². The van der Waals surface area contributed by atoms with E-state index in [2.05, 4.69) is 17.4 Å². The Morgan fingerprint density at radius 3 is 2.38 bits per heavy atom. The van der Waals surface area contributed by atoms with Gasteiger partial charge in [-0.25, -0.2) is 0 Å². The summed E-state index contributed by atoms with van der Waals surface area (Å²) < 4.78 is 0. The smallest absolute Gasteiger partial charge is 0.157 e. The van der Waals surface area contributed by atoms with Crippen molar-refractivity contribution in [2.75, 3.05) is 0 Å². The largest absolute Gasteiger partial charge is 0.504 e. The minimum Gasteiger partial charge on any atom is -0.504 e. The standard InChI is InChI=1S/C20H24ClNO2/c21-16-8-4-14(5-9-16)6-10-17-2-1-3-18(22-17)12-15-7-11-19(23)20(24)13-15/h4-5,7-9,11,13,17-18,22-24H,1-3,6,10,12H2. The topological polar surface area (TPSA) is 52.5 Å². The molecule has 1 aliphatic rings. The Morgan fingerprint density at radius 2 is 1.62 bits per heavy atom. The molecule has 3 nitrogen and oxygen atoms in total. The fourth-order valence-electron chi connectivity index (χ4n) is 3.47. The molecule has 1 fully saturated rings. The zero-order valence-corrected chi connectivity index (χ0v) is 14.5. The summed E-state index contributed by atoms with van der Waals surface area (Å²) in [6.07, 6.45) is 6.66. The summed E-state index contributed by atoms with van der Waals surface area (Å²) in [5, 5.41) is 23.6. The molecule has 0 spiro atoms. The van der Waals surface area contributed by atoms with E-state index in [0.717, 1.165) is 36.3 Å². The molecule has 0 saturated carbocycles. The first kappa shape index (κ1) is 17.1. The second-order valence-electron chi connectivity index (χ2n) is 6.68. The maximum Gasteiger partial charge on any atom is 0.157 e. The molecule has 4 heteroatoms. The number of aryl methyl sites for hydroxylation is 1. The Kier molecular flexibility index (Phi) is 5.64. The molecule has 1 aliphatic heterocycles. The minimum absolute atomic E-state index is 0.0393. The molecule has 0 amide bonds. The van der Waals surface area contributed by atoms with Crippen LogP contribution >= 0.6 is 11.6 Å². The first-order valence-electron chi connectivity index (χ1n) is 8.61. The summed E-state index contributed by atoms with van der Waals surface area (Å²) in [4.78, 5) is 0. The van der Waals surface area contributed by atoms with Crippen LogP contribution in [0.25, 0.3) is 0 Å². The van der Waals surface area contributed by atoms with Gasteiger partial charge < -0.3 is 15.5 Å². The number of aromatic hydroxyl groups is 2. The van der Waals surface area contributed by atoms with Gasteiger partial charge in [0.1, 0.15) is 0 Å². The van der Waals surface area contributed by atoms with Crippen LogP contribution in [0.2, 0.25) is 5.02 Å². The molecule has 2 unspecified atom stereocenters. The van der Waals surface area contributed by atoms with Crippen molar-refractivity contribution in [2.24, 2.45) is 0 Å². The molecule has 2 aromatic carbocycles. The van der Waals surface area contributed by atoms with Gasteiger partial charge in [-0.05, 0) is 67.5 Å². The zero-order chi connectivity index (χ0) is 16.9. The first-order valence-corrected chi connectivity index (χ1v) is 8.99. The van der Waals surface area contributed by atoms with Crippen LogP contribution in [-0.2, 0) is 12.8 Å². The van der Waals surface area contributed by atoms with Gasteiger partial charge in [0, 0.05) is 17.1 Å². The fraction of sp³-hybridized carbons (Fsp3) is 0.400. The van der Waals surface area contributed by atoms with Crippen LogP contribution in [-0.4, -0.2) is 22.3 Å². The summed E-state index contributed by atoms with van der Waals surface area (Å²) in [5.41, 5.74) is 2.38. The monoisotopic (exact) mass is 345 g/mol. The molecule has 0 radical (unpaired) electrons. The van der Waals surface area contributed by atoms with Gasteiger partial charge in [-0.3, -0.25) is 0 Å².